The van der Waals surface area contributed by atoms with E-state index in [0.717, 1.165) is 5.56 Å². The highest BCUT2D eigenvalue weighted by molar-refractivity contribution is 6.21. The zero-order valence-corrected chi connectivity index (χ0v) is 11.8. The molecule has 0 heterocycles. The Labute approximate surface area is 122 Å². The molecule has 0 saturated carbocycles. The van der Waals surface area contributed by atoms with Gasteiger partial charge in [0.05, 0.1) is 12.7 Å². The van der Waals surface area contributed by atoms with Crippen molar-refractivity contribution in [2.45, 2.75) is 6.92 Å². The normalized spacial score (nSPS) is 11.3. The van der Waals surface area contributed by atoms with Gasteiger partial charge in [-0.25, -0.2) is 9.18 Å². The van der Waals surface area contributed by atoms with Gasteiger partial charge in [-0.1, -0.05) is 23.8 Å². The third-order valence-electron chi connectivity index (χ3n) is 3.04. The second kappa shape index (κ2) is 6.22. The summed E-state index contributed by atoms with van der Waals surface area (Å²) in [6.45, 7) is 1.87. The van der Waals surface area contributed by atoms with E-state index in [-0.39, 0.29) is 5.57 Å². The number of ether oxygens (including phenoxy) is 1. The van der Waals surface area contributed by atoms with E-state index in [1.807, 2.05) is 13.0 Å². The monoisotopic (exact) mass is 286 g/mol. The van der Waals surface area contributed by atoms with Crippen molar-refractivity contribution in [2.24, 2.45) is 0 Å². The van der Waals surface area contributed by atoms with Crippen LogP contribution in [0.4, 0.5) is 4.39 Å². The molecule has 2 aromatic rings. The number of aryl methyl sites for hydroxylation is 1. The van der Waals surface area contributed by atoms with Gasteiger partial charge in [0, 0.05) is 5.56 Å². The molecule has 0 bridgehead atoms. The minimum atomic E-state index is -1.09. The number of hydrogen-bond acceptors (Lipinski definition) is 2. The summed E-state index contributed by atoms with van der Waals surface area (Å²) in [5, 5.41) is 9.45. The minimum Gasteiger partial charge on any atom is -0.496 e. The van der Waals surface area contributed by atoms with Gasteiger partial charge in [0.1, 0.15) is 11.6 Å². The molecule has 21 heavy (non-hydrogen) atoms. The number of methoxy groups -OCH3 is 1. The van der Waals surface area contributed by atoms with Gasteiger partial charge in [-0.15, -0.1) is 0 Å². The first-order valence-electron chi connectivity index (χ1n) is 6.37. The first-order chi connectivity index (χ1) is 10.0. The van der Waals surface area contributed by atoms with E-state index in [2.05, 4.69) is 0 Å². The van der Waals surface area contributed by atoms with Crippen LogP contribution in [0.25, 0.3) is 11.6 Å². The summed E-state index contributed by atoms with van der Waals surface area (Å²) in [6.07, 6.45) is 1.43. The number of carboxylic acid groups (broad SMARTS) is 1. The molecule has 1 N–H and O–H groups in total. The third-order valence-corrected chi connectivity index (χ3v) is 3.04. The molecule has 0 aliphatic carbocycles. The maximum atomic E-state index is 13.2. The molecule has 0 aliphatic rings. The van der Waals surface area contributed by atoms with Gasteiger partial charge >= 0.3 is 5.97 Å². The van der Waals surface area contributed by atoms with E-state index in [1.165, 1.54) is 31.4 Å². The van der Waals surface area contributed by atoms with Gasteiger partial charge in [-0.2, -0.15) is 0 Å². The Morgan fingerprint density at radius 1 is 1.24 bits per heavy atom. The van der Waals surface area contributed by atoms with Crippen LogP contribution in [0.3, 0.4) is 0 Å². The van der Waals surface area contributed by atoms with Crippen LogP contribution >= 0.6 is 0 Å². The summed E-state index contributed by atoms with van der Waals surface area (Å²) in [4.78, 5) is 11.6. The maximum absolute atomic E-state index is 13.2. The number of carboxylic acids is 1. The van der Waals surface area contributed by atoms with Crippen LogP contribution in [-0.4, -0.2) is 18.2 Å². The van der Waals surface area contributed by atoms with Crippen LogP contribution < -0.4 is 4.74 Å². The molecule has 108 valence electrons. The molecular formula is C17H15FO3. The molecule has 0 aliphatic heterocycles. The Morgan fingerprint density at radius 2 is 2.00 bits per heavy atom. The van der Waals surface area contributed by atoms with Gasteiger partial charge in [-0.05, 0) is 42.8 Å². The second-order valence-electron chi connectivity index (χ2n) is 4.62. The summed E-state index contributed by atoms with van der Waals surface area (Å²) in [5.74, 6) is -1.04. The molecule has 0 atom stereocenters. The Kier molecular flexibility index (Phi) is 4.38. The van der Waals surface area contributed by atoms with Crippen molar-refractivity contribution in [3.63, 3.8) is 0 Å². The van der Waals surface area contributed by atoms with Crippen LogP contribution in [0.2, 0.25) is 0 Å². The van der Waals surface area contributed by atoms with Gasteiger partial charge < -0.3 is 9.84 Å². The molecule has 0 amide bonds. The molecule has 0 saturated heterocycles. The zero-order chi connectivity index (χ0) is 15.4. The lowest BCUT2D eigenvalue weighted by Gasteiger charge is -2.10. The van der Waals surface area contributed by atoms with Crippen LogP contribution in [-0.2, 0) is 4.79 Å². The lowest BCUT2D eigenvalue weighted by atomic mass is 10.00. The van der Waals surface area contributed by atoms with Crippen molar-refractivity contribution in [3.05, 3.63) is 65.0 Å². The fourth-order valence-electron chi connectivity index (χ4n) is 2.05. The fourth-order valence-corrected chi connectivity index (χ4v) is 2.05. The lowest BCUT2D eigenvalue weighted by molar-refractivity contribution is -0.130. The Hall–Kier alpha value is -2.62. The van der Waals surface area contributed by atoms with E-state index < -0.39 is 11.8 Å². The molecule has 2 aromatic carbocycles. The highest BCUT2D eigenvalue weighted by atomic mass is 19.1. The summed E-state index contributed by atoms with van der Waals surface area (Å²) in [6, 6.07) is 11.1. The van der Waals surface area contributed by atoms with Crippen LogP contribution in [0.5, 0.6) is 5.75 Å². The first kappa shape index (κ1) is 14.8. The molecule has 4 heteroatoms. The fraction of sp³-hybridized carbons (Fsp3) is 0.118. The second-order valence-corrected chi connectivity index (χ2v) is 4.62. The molecule has 0 radical (unpaired) electrons. The van der Waals surface area contributed by atoms with E-state index >= 15 is 0 Å². The summed E-state index contributed by atoms with van der Waals surface area (Å²) < 4.78 is 18.4. The highest BCUT2D eigenvalue weighted by Crippen LogP contribution is 2.29. The highest BCUT2D eigenvalue weighted by Gasteiger charge is 2.15. The van der Waals surface area contributed by atoms with Crippen molar-refractivity contribution in [2.75, 3.05) is 7.11 Å². The van der Waals surface area contributed by atoms with Gasteiger partial charge in [0.25, 0.3) is 0 Å². The number of hydrogen-bond donors (Lipinski definition) is 1. The van der Waals surface area contributed by atoms with E-state index in [9.17, 15) is 14.3 Å². The number of carbonyl (C=O) groups is 1. The van der Waals surface area contributed by atoms with Crippen molar-refractivity contribution in [1.29, 1.82) is 0 Å². The van der Waals surface area contributed by atoms with Crippen molar-refractivity contribution >= 4 is 17.6 Å². The maximum Gasteiger partial charge on any atom is 0.336 e. The quantitative estimate of drug-likeness (QED) is 0.687. The third kappa shape index (κ3) is 3.48. The van der Waals surface area contributed by atoms with Gasteiger partial charge in [0.15, 0.2) is 0 Å². The first-order valence-corrected chi connectivity index (χ1v) is 6.37. The molecule has 0 spiro atoms. The van der Waals surface area contributed by atoms with E-state index in [4.69, 9.17) is 4.74 Å². The van der Waals surface area contributed by atoms with Crippen LogP contribution in [0, 0.1) is 12.7 Å². The SMILES string of the molecule is COc1ccc(C)cc1/C(=C/c1cccc(F)c1)C(=O)O. The molecule has 2 rings (SSSR count). The van der Waals surface area contributed by atoms with Crippen LogP contribution in [0.1, 0.15) is 16.7 Å². The van der Waals surface area contributed by atoms with Gasteiger partial charge in [0.2, 0.25) is 0 Å². The number of benzene rings is 2. The average molecular weight is 286 g/mol. The zero-order valence-electron chi connectivity index (χ0n) is 11.8. The standard InChI is InChI=1S/C17H15FO3/c1-11-6-7-16(21-2)14(8-11)15(17(19)20)10-12-4-3-5-13(18)9-12/h3-10H,1-2H3,(H,19,20)/b15-10-. The Bertz CT molecular complexity index is 705. The van der Waals surface area contributed by atoms with Crippen molar-refractivity contribution < 1.29 is 19.0 Å². The molecular weight excluding hydrogens is 271 g/mol. The van der Waals surface area contributed by atoms with Crippen molar-refractivity contribution in [3.8, 4) is 5.75 Å². The predicted octanol–water partition coefficient (Wildman–Crippen LogP) is 3.77. The number of aliphatic carboxylic acids is 1. The van der Waals surface area contributed by atoms with Crippen LogP contribution in [0.15, 0.2) is 42.5 Å². The average Bonchev–Trinajstić information content (AvgIpc) is 2.44. The van der Waals surface area contributed by atoms with Crippen molar-refractivity contribution in [1.82, 2.24) is 0 Å². The van der Waals surface area contributed by atoms with E-state index in [1.54, 1.807) is 18.2 Å². The smallest absolute Gasteiger partial charge is 0.336 e. The number of rotatable bonds is 4. The summed E-state index contributed by atoms with van der Waals surface area (Å²) in [7, 11) is 1.48. The summed E-state index contributed by atoms with van der Waals surface area (Å²) >= 11 is 0. The molecule has 0 unspecified atom stereocenters. The summed E-state index contributed by atoms with van der Waals surface area (Å²) in [5.41, 5.74) is 1.92. The number of halogens is 1. The molecule has 0 fully saturated rings. The Morgan fingerprint density at radius 3 is 2.62 bits per heavy atom. The molecule has 3 nitrogen and oxygen atoms in total. The predicted molar refractivity (Wildman–Crippen MR) is 79.6 cm³/mol. The van der Waals surface area contributed by atoms with E-state index in [0.29, 0.717) is 16.9 Å². The minimum absolute atomic E-state index is 0.0566. The Balaban J connectivity index is 2.59. The topological polar surface area (TPSA) is 46.5 Å². The van der Waals surface area contributed by atoms with Gasteiger partial charge in [-0.3, -0.25) is 0 Å². The molecule has 0 aromatic heterocycles. The largest absolute Gasteiger partial charge is 0.496 e. The lowest BCUT2D eigenvalue weighted by Crippen LogP contribution is -2.02.